The quantitative estimate of drug-likeness (QED) is 0.353. The lowest BCUT2D eigenvalue weighted by atomic mass is 9.63. The Balaban J connectivity index is 2.04. The number of esters is 1. The highest BCUT2D eigenvalue weighted by molar-refractivity contribution is 5.93. The van der Waals surface area contributed by atoms with Gasteiger partial charge in [-0.1, -0.05) is 91.9 Å². The number of allylic oxidation sites excluding steroid dienone is 1. The predicted molar refractivity (Wildman–Crippen MR) is 126 cm³/mol. The summed E-state index contributed by atoms with van der Waals surface area (Å²) in [6, 6.07) is 28.8. The molecule has 0 aliphatic carbocycles. The molecule has 3 nitrogen and oxygen atoms in total. The van der Waals surface area contributed by atoms with Crippen molar-refractivity contribution >= 4 is 11.7 Å². The number of carbonyl (C=O) groups is 1. The number of benzene rings is 3. The van der Waals surface area contributed by atoms with Crippen LogP contribution in [0.1, 0.15) is 36.5 Å². The molecule has 0 radical (unpaired) electrons. The van der Waals surface area contributed by atoms with Crippen molar-refractivity contribution in [2.24, 2.45) is 0 Å². The van der Waals surface area contributed by atoms with Crippen LogP contribution in [0.25, 0.3) is 0 Å². The SMILES string of the molecule is C=CCC[C@@]1(C)c2ccccc2N(Cc2ccccc2)[C@]1(C(=O)OC)c1ccccc1. The normalized spacial score (nSPS) is 22.1. The third-order valence-corrected chi connectivity index (χ3v) is 6.70. The molecule has 0 amide bonds. The summed E-state index contributed by atoms with van der Waals surface area (Å²) in [5.41, 5.74) is 2.84. The second-order valence-corrected chi connectivity index (χ2v) is 8.32. The monoisotopic (exact) mass is 411 g/mol. The van der Waals surface area contributed by atoms with E-state index < -0.39 is 11.0 Å². The molecule has 0 bridgehead atoms. The molecular weight excluding hydrogens is 382 g/mol. The molecule has 3 aromatic rings. The summed E-state index contributed by atoms with van der Waals surface area (Å²) < 4.78 is 5.56. The molecule has 31 heavy (non-hydrogen) atoms. The minimum absolute atomic E-state index is 0.239. The van der Waals surface area contributed by atoms with Crippen LogP contribution in [0, 0.1) is 0 Å². The number of carbonyl (C=O) groups excluding carboxylic acids is 1. The molecule has 0 unspecified atom stereocenters. The molecule has 1 aliphatic rings. The zero-order valence-corrected chi connectivity index (χ0v) is 18.3. The van der Waals surface area contributed by atoms with E-state index in [2.05, 4.69) is 48.7 Å². The highest BCUT2D eigenvalue weighted by Gasteiger charge is 2.65. The van der Waals surface area contributed by atoms with Crippen LogP contribution in [0.15, 0.2) is 97.6 Å². The number of hydrogen-bond donors (Lipinski definition) is 0. The number of hydrogen-bond acceptors (Lipinski definition) is 3. The number of nitrogens with zero attached hydrogens (tertiary/aromatic N) is 1. The van der Waals surface area contributed by atoms with Gasteiger partial charge in [0.25, 0.3) is 0 Å². The van der Waals surface area contributed by atoms with Crippen molar-refractivity contribution in [1.82, 2.24) is 0 Å². The maximum atomic E-state index is 13.9. The number of para-hydroxylation sites is 1. The first kappa shape index (κ1) is 20.9. The van der Waals surface area contributed by atoms with E-state index in [4.69, 9.17) is 4.74 Å². The van der Waals surface area contributed by atoms with Crippen molar-refractivity contribution in [3.8, 4) is 0 Å². The minimum atomic E-state index is -0.994. The van der Waals surface area contributed by atoms with E-state index in [1.165, 1.54) is 12.7 Å². The molecule has 0 fully saturated rings. The van der Waals surface area contributed by atoms with Gasteiger partial charge >= 0.3 is 5.97 Å². The molecule has 158 valence electrons. The van der Waals surface area contributed by atoms with E-state index in [1.807, 2.05) is 60.7 Å². The summed E-state index contributed by atoms with van der Waals surface area (Å²) in [5.74, 6) is -0.239. The predicted octanol–water partition coefficient (Wildman–Crippen LogP) is 6.00. The smallest absolute Gasteiger partial charge is 0.337 e. The van der Waals surface area contributed by atoms with Gasteiger partial charge in [-0.2, -0.15) is 0 Å². The maximum absolute atomic E-state index is 13.9. The number of anilines is 1. The Morgan fingerprint density at radius 2 is 1.58 bits per heavy atom. The molecule has 0 saturated carbocycles. The topological polar surface area (TPSA) is 29.5 Å². The molecule has 1 heterocycles. The average molecular weight is 412 g/mol. The fourth-order valence-electron chi connectivity index (χ4n) is 5.28. The third-order valence-electron chi connectivity index (χ3n) is 6.70. The third kappa shape index (κ3) is 3.16. The van der Waals surface area contributed by atoms with Crippen LogP contribution in [0.2, 0.25) is 0 Å². The molecule has 0 N–H and O–H groups in total. The zero-order chi connectivity index (χ0) is 21.9. The highest BCUT2D eigenvalue weighted by Crippen LogP contribution is 2.59. The van der Waals surface area contributed by atoms with Gasteiger partial charge in [-0.15, -0.1) is 6.58 Å². The van der Waals surface area contributed by atoms with Crippen molar-refractivity contribution in [2.45, 2.75) is 37.3 Å². The Kier molecular flexibility index (Phi) is 5.69. The Morgan fingerprint density at radius 3 is 2.23 bits per heavy atom. The summed E-state index contributed by atoms with van der Waals surface area (Å²) >= 11 is 0. The van der Waals surface area contributed by atoms with E-state index in [-0.39, 0.29) is 5.97 Å². The van der Waals surface area contributed by atoms with Gasteiger partial charge in [0, 0.05) is 17.6 Å². The minimum Gasteiger partial charge on any atom is -0.467 e. The molecule has 0 spiro atoms. The first-order chi connectivity index (χ1) is 15.1. The van der Waals surface area contributed by atoms with Crippen LogP contribution in [-0.4, -0.2) is 13.1 Å². The van der Waals surface area contributed by atoms with Crippen molar-refractivity contribution in [3.05, 3.63) is 114 Å². The van der Waals surface area contributed by atoms with Crippen LogP contribution in [-0.2, 0) is 27.0 Å². The summed E-state index contributed by atoms with van der Waals surface area (Å²) in [7, 11) is 1.49. The lowest BCUT2D eigenvalue weighted by Crippen LogP contribution is -2.59. The molecule has 0 aromatic heterocycles. The highest BCUT2D eigenvalue weighted by atomic mass is 16.5. The van der Waals surface area contributed by atoms with Crippen LogP contribution < -0.4 is 4.90 Å². The van der Waals surface area contributed by atoms with Crippen LogP contribution in [0.3, 0.4) is 0 Å². The van der Waals surface area contributed by atoms with Gasteiger partial charge in [0.05, 0.1) is 7.11 Å². The van der Waals surface area contributed by atoms with Gasteiger partial charge < -0.3 is 9.64 Å². The second-order valence-electron chi connectivity index (χ2n) is 8.32. The van der Waals surface area contributed by atoms with E-state index in [0.29, 0.717) is 6.54 Å². The first-order valence-corrected chi connectivity index (χ1v) is 10.8. The van der Waals surface area contributed by atoms with Gasteiger partial charge in [0.15, 0.2) is 5.54 Å². The summed E-state index contributed by atoms with van der Waals surface area (Å²) in [4.78, 5) is 16.1. The number of methoxy groups -OCH3 is 1. The standard InChI is InChI=1S/C28H29NO2/c1-4-5-20-27(2)24-18-12-13-19-25(24)29(21-22-14-8-6-9-15-22)28(27,26(30)31-3)23-16-10-7-11-17-23/h4,6-19H,1,5,20-21H2,2-3H3/t27-,28-/m0/s1. The Bertz CT molecular complexity index is 1060. The molecule has 3 heteroatoms. The van der Waals surface area contributed by atoms with E-state index >= 15 is 0 Å². The molecular formula is C28H29NO2. The zero-order valence-electron chi connectivity index (χ0n) is 18.3. The summed E-state index contributed by atoms with van der Waals surface area (Å²) in [5, 5.41) is 0. The summed E-state index contributed by atoms with van der Waals surface area (Å²) in [6.45, 7) is 6.75. The van der Waals surface area contributed by atoms with E-state index in [1.54, 1.807) is 0 Å². The van der Waals surface area contributed by atoms with Gasteiger partial charge in [0.2, 0.25) is 0 Å². The lowest BCUT2D eigenvalue weighted by molar-refractivity contribution is -0.150. The average Bonchev–Trinajstić information content (AvgIpc) is 3.04. The number of rotatable bonds is 7. The van der Waals surface area contributed by atoms with Gasteiger partial charge in [-0.3, -0.25) is 0 Å². The van der Waals surface area contributed by atoms with Crippen molar-refractivity contribution < 1.29 is 9.53 Å². The van der Waals surface area contributed by atoms with Crippen molar-refractivity contribution in [2.75, 3.05) is 12.0 Å². The van der Waals surface area contributed by atoms with Crippen molar-refractivity contribution in [3.63, 3.8) is 0 Å². The van der Waals surface area contributed by atoms with Crippen LogP contribution >= 0.6 is 0 Å². The van der Waals surface area contributed by atoms with Crippen LogP contribution in [0.4, 0.5) is 5.69 Å². The Hall–Kier alpha value is -3.33. The maximum Gasteiger partial charge on any atom is 0.337 e. The largest absolute Gasteiger partial charge is 0.467 e. The lowest BCUT2D eigenvalue weighted by Gasteiger charge is -2.47. The van der Waals surface area contributed by atoms with E-state index in [0.717, 1.165) is 29.7 Å². The molecule has 3 aromatic carbocycles. The first-order valence-electron chi connectivity index (χ1n) is 10.8. The molecule has 1 aliphatic heterocycles. The molecule has 2 atom stereocenters. The molecule has 4 rings (SSSR count). The number of fused-ring (bicyclic) bond motifs is 1. The van der Waals surface area contributed by atoms with Gasteiger partial charge in [-0.25, -0.2) is 4.79 Å². The Morgan fingerprint density at radius 1 is 0.968 bits per heavy atom. The van der Waals surface area contributed by atoms with Gasteiger partial charge in [0.1, 0.15) is 0 Å². The van der Waals surface area contributed by atoms with Gasteiger partial charge in [-0.05, 0) is 35.6 Å². The summed E-state index contributed by atoms with van der Waals surface area (Å²) in [6.07, 6.45) is 3.51. The van der Waals surface area contributed by atoms with E-state index in [9.17, 15) is 4.79 Å². The van der Waals surface area contributed by atoms with Crippen molar-refractivity contribution in [1.29, 1.82) is 0 Å². The van der Waals surface area contributed by atoms with Crippen LogP contribution in [0.5, 0.6) is 0 Å². The molecule has 0 saturated heterocycles. The second kappa shape index (κ2) is 8.43. The number of ether oxygens (including phenoxy) is 1. The Labute approximate surface area is 185 Å². The fraction of sp³-hybridized carbons (Fsp3) is 0.250. The fourth-order valence-corrected chi connectivity index (χ4v) is 5.28.